The summed E-state index contributed by atoms with van der Waals surface area (Å²) < 4.78 is 0. The highest BCUT2D eigenvalue weighted by molar-refractivity contribution is 5.40. The Bertz CT molecular complexity index is 687. The number of benzene rings is 1. The number of aryl methyl sites for hydroxylation is 1. The second-order valence-electron chi connectivity index (χ2n) is 10.1. The summed E-state index contributed by atoms with van der Waals surface area (Å²) in [5.41, 5.74) is 3.43. The highest BCUT2D eigenvalue weighted by atomic mass is 16.3. The van der Waals surface area contributed by atoms with Crippen molar-refractivity contribution in [3.05, 3.63) is 29.3 Å². The first kappa shape index (κ1) is 19.3. The van der Waals surface area contributed by atoms with Crippen LogP contribution in [-0.4, -0.2) is 36.3 Å². The van der Waals surface area contributed by atoms with Gasteiger partial charge < -0.3 is 5.11 Å². The molecule has 7 atom stereocenters. The van der Waals surface area contributed by atoms with Crippen LogP contribution in [-0.2, 0) is 6.42 Å². The van der Waals surface area contributed by atoms with E-state index in [1.807, 2.05) is 12.1 Å². The van der Waals surface area contributed by atoms with Crippen LogP contribution in [0.15, 0.2) is 18.2 Å². The maximum atomic E-state index is 9.87. The molecule has 0 bridgehead atoms. The molecule has 4 rings (SSSR count). The van der Waals surface area contributed by atoms with Crippen LogP contribution in [0.1, 0.15) is 69.9 Å². The van der Waals surface area contributed by atoms with E-state index in [0.29, 0.717) is 23.4 Å². The Kier molecular flexibility index (Phi) is 5.05. The van der Waals surface area contributed by atoms with Gasteiger partial charge in [-0.1, -0.05) is 13.0 Å². The Morgan fingerprint density at radius 1 is 1.15 bits per heavy atom. The highest BCUT2D eigenvalue weighted by Crippen LogP contribution is 2.63. The van der Waals surface area contributed by atoms with Crippen LogP contribution in [0.5, 0.6) is 5.75 Å². The Balaban J connectivity index is 1.54. The average Bonchev–Trinajstić information content (AvgIpc) is 2.98. The van der Waals surface area contributed by atoms with Gasteiger partial charge in [-0.05, 0) is 119 Å². The average molecular weight is 371 g/mol. The molecular weight excluding hydrogens is 332 g/mol. The van der Waals surface area contributed by atoms with Crippen molar-refractivity contribution in [3.63, 3.8) is 0 Å². The molecular formula is C24H38N2O. The van der Waals surface area contributed by atoms with E-state index in [0.717, 1.165) is 30.1 Å². The van der Waals surface area contributed by atoms with Gasteiger partial charge in [0, 0.05) is 6.04 Å². The predicted molar refractivity (Wildman–Crippen MR) is 112 cm³/mol. The fourth-order valence-corrected chi connectivity index (χ4v) is 7.08. The van der Waals surface area contributed by atoms with Crippen molar-refractivity contribution in [1.29, 1.82) is 0 Å². The number of hydrogen-bond acceptors (Lipinski definition) is 3. The molecule has 2 N–H and O–H groups in total. The number of phenolic OH excluding ortho intramolecular Hbond substituents is 1. The number of nitrogens with zero attached hydrogens (tertiary/aromatic N) is 1. The first-order chi connectivity index (χ1) is 12.8. The molecule has 0 radical (unpaired) electrons. The van der Waals surface area contributed by atoms with Crippen LogP contribution in [0, 0.1) is 23.2 Å². The van der Waals surface area contributed by atoms with Crippen molar-refractivity contribution in [2.75, 3.05) is 14.1 Å². The molecule has 1 aromatic rings. The maximum Gasteiger partial charge on any atom is 0.115 e. The first-order valence-electron chi connectivity index (χ1n) is 11.1. The van der Waals surface area contributed by atoms with Crippen LogP contribution in [0.2, 0.25) is 0 Å². The molecule has 150 valence electrons. The molecule has 0 heterocycles. The molecule has 27 heavy (non-hydrogen) atoms. The normalized spacial score (nSPS) is 37.4. The van der Waals surface area contributed by atoms with Crippen molar-refractivity contribution in [1.82, 2.24) is 10.2 Å². The monoisotopic (exact) mass is 370 g/mol. The van der Waals surface area contributed by atoms with Gasteiger partial charge in [0.2, 0.25) is 0 Å². The van der Waals surface area contributed by atoms with E-state index < -0.39 is 0 Å². The number of nitrogens with one attached hydrogen (secondary N) is 1. The number of rotatable bonds is 4. The molecule has 3 aliphatic rings. The van der Waals surface area contributed by atoms with E-state index in [2.05, 4.69) is 51.1 Å². The van der Waals surface area contributed by atoms with E-state index in [4.69, 9.17) is 0 Å². The Morgan fingerprint density at radius 2 is 1.93 bits per heavy atom. The smallest absolute Gasteiger partial charge is 0.115 e. The van der Waals surface area contributed by atoms with Gasteiger partial charge in [-0.25, -0.2) is 0 Å². The van der Waals surface area contributed by atoms with Gasteiger partial charge in [0.15, 0.2) is 0 Å². The zero-order valence-electron chi connectivity index (χ0n) is 17.8. The third kappa shape index (κ3) is 3.21. The lowest BCUT2D eigenvalue weighted by Crippen LogP contribution is -2.51. The van der Waals surface area contributed by atoms with E-state index in [-0.39, 0.29) is 0 Å². The van der Waals surface area contributed by atoms with Crippen molar-refractivity contribution >= 4 is 0 Å². The summed E-state index contributed by atoms with van der Waals surface area (Å²) in [6.07, 6.45) is 8.33. The SMILES string of the molecule is CC(N[C@@H](C)[C@H]1CC[C@@H]2[C@H]3CCc4cc(O)ccc4[C@@H]3CC[C@]21C)N(C)C. The fraction of sp³-hybridized carbons (Fsp3) is 0.750. The summed E-state index contributed by atoms with van der Waals surface area (Å²) >= 11 is 0. The molecule has 1 unspecified atom stereocenters. The summed E-state index contributed by atoms with van der Waals surface area (Å²) in [5.74, 6) is 3.64. The molecule has 0 spiro atoms. The molecule has 0 amide bonds. The number of fused-ring (bicyclic) bond motifs is 5. The van der Waals surface area contributed by atoms with Crippen LogP contribution in [0.3, 0.4) is 0 Å². The largest absolute Gasteiger partial charge is 0.508 e. The van der Waals surface area contributed by atoms with Crippen molar-refractivity contribution in [3.8, 4) is 5.75 Å². The minimum absolute atomic E-state index is 0.424. The molecule has 0 aliphatic heterocycles. The van der Waals surface area contributed by atoms with Gasteiger partial charge >= 0.3 is 0 Å². The lowest BCUT2D eigenvalue weighted by molar-refractivity contribution is 0.0145. The van der Waals surface area contributed by atoms with E-state index in [1.54, 1.807) is 5.56 Å². The van der Waals surface area contributed by atoms with Crippen LogP contribution < -0.4 is 5.32 Å². The summed E-state index contributed by atoms with van der Waals surface area (Å²) in [4.78, 5) is 2.27. The molecule has 2 fully saturated rings. The predicted octanol–water partition coefficient (Wildman–Crippen LogP) is 4.75. The van der Waals surface area contributed by atoms with Crippen LogP contribution in [0.25, 0.3) is 0 Å². The van der Waals surface area contributed by atoms with Gasteiger partial charge in [0.25, 0.3) is 0 Å². The van der Waals surface area contributed by atoms with Gasteiger partial charge in [-0.15, -0.1) is 0 Å². The van der Waals surface area contributed by atoms with Crippen molar-refractivity contribution in [2.45, 2.75) is 77.4 Å². The molecule has 2 saturated carbocycles. The summed E-state index contributed by atoms with van der Waals surface area (Å²) in [6, 6.07) is 6.72. The third-order valence-corrected chi connectivity index (χ3v) is 8.67. The highest BCUT2D eigenvalue weighted by Gasteiger charge is 2.55. The number of phenols is 1. The fourth-order valence-electron chi connectivity index (χ4n) is 7.08. The minimum atomic E-state index is 0.424. The second-order valence-corrected chi connectivity index (χ2v) is 10.1. The van der Waals surface area contributed by atoms with Crippen molar-refractivity contribution < 1.29 is 5.11 Å². The first-order valence-corrected chi connectivity index (χ1v) is 11.1. The summed E-state index contributed by atoms with van der Waals surface area (Å²) in [7, 11) is 4.32. The van der Waals surface area contributed by atoms with Crippen LogP contribution in [0.4, 0.5) is 0 Å². The van der Waals surface area contributed by atoms with Gasteiger partial charge in [-0.2, -0.15) is 0 Å². The van der Waals surface area contributed by atoms with E-state index in [9.17, 15) is 5.11 Å². The molecule has 1 aromatic carbocycles. The Morgan fingerprint density at radius 3 is 2.67 bits per heavy atom. The molecule has 3 aliphatic carbocycles. The zero-order chi connectivity index (χ0) is 19.3. The Labute approximate surface area is 165 Å². The number of aromatic hydroxyl groups is 1. The molecule has 3 nitrogen and oxygen atoms in total. The van der Waals surface area contributed by atoms with Crippen molar-refractivity contribution in [2.24, 2.45) is 23.2 Å². The van der Waals surface area contributed by atoms with Gasteiger partial charge in [0.1, 0.15) is 5.75 Å². The molecule has 0 saturated heterocycles. The van der Waals surface area contributed by atoms with Crippen LogP contribution >= 0.6 is 0 Å². The van der Waals surface area contributed by atoms with Gasteiger partial charge in [-0.3, -0.25) is 10.2 Å². The zero-order valence-corrected chi connectivity index (χ0v) is 17.8. The standard InChI is InChI=1S/C24H38N2O/c1-15(25-16(2)26(4)5)22-10-11-23-21-8-6-17-14-18(27)7-9-19(17)20(21)12-13-24(22,23)3/h7,9,14-16,20-23,25,27H,6,8,10-13H2,1-5H3/t15-,16?,20-,21-,22+,23+,24-/m0/s1. The lowest BCUT2D eigenvalue weighted by atomic mass is 9.53. The van der Waals surface area contributed by atoms with E-state index in [1.165, 1.54) is 37.7 Å². The summed E-state index contributed by atoms with van der Waals surface area (Å²) in [5, 5.41) is 13.7. The van der Waals surface area contributed by atoms with E-state index >= 15 is 0 Å². The minimum Gasteiger partial charge on any atom is -0.508 e. The third-order valence-electron chi connectivity index (χ3n) is 8.67. The number of hydrogen-bond donors (Lipinski definition) is 2. The topological polar surface area (TPSA) is 35.5 Å². The Hall–Kier alpha value is -1.06. The maximum absolute atomic E-state index is 9.87. The molecule has 3 heteroatoms. The van der Waals surface area contributed by atoms with Gasteiger partial charge in [0.05, 0.1) is 6.17 Å². The molecule has 0 aromatic heterocycles. The summed E-state index contributed by atoms with van der Waals surface area (Å²) in [6.45, 7) is 7.30. The lowest BCUT2D eigenvalue weighted by Gasteiger charge is -2.52. The quantitative estimate of drug-likeness (QED) is 0.751. The second kappa shape index (κ2) is 7.08.